The molecular weight excluding hydrogens is 375 g/mol. The first-order valence-electron chi connectivity index (χ1n) is 8.67. The van der Waals surface area contributed by atoms with Crippen molar-refractivity contribution >= 4 is 28.6 Å². The van der Waals surface area contributed by atoms with Crippen LogP contribution in [0.15, 0.2) is 12.2 Å². The van der Waals surface area contributed by atoms with Crippen LogP contribution < -0.4 is 0 Å². The Bertz CT molecular complexity index is 264. The van der Waals surface area contributed by atoms with Crippen molar-refractivity contribution in [2.75, 3.05) is 0 Å². The second-order valence-electron chi connectivity index (χ2n) is 5.85. The van der Waals surface area contributed by atoms with Crippen LogP contribution in [0.5, 0.6) is 0 Å². The molecule has 0 amide bonds. The molecule has 0 saturated carbocycles. The predicted molar refractivity (Wildman–Crippen MR) is 100 cm³/mol. The summed E-state index contributed by atoms with van der Waals surface area (Å²) in [5.41, 5.74) is 0. The number of rotatable bonds is 15. The zero-order chi connectivity index (χ0) is 15.8. The first-order valence-corrected chi connectivity index (χ1v) is 9.92. The lowest BCUT2D eigenvalue weighted by molar-refractivity contribution is -0.137. The summed E-state index contributed by atoms with van der Waals surface area (Å²) in [7, 11) is 0. The molecule has 1 unspecified atom stereocenters. The van der Waals surface area contributed by atoms with Gasteiger partial charge in [-0.25, -0.2) is 0 Å². The largest absolute Gasteiger partial charge is 0.481 e. The summed E-state index contributed by atoms with van der Waals surface area (Å²) in [6.45, 7) is 2.26. The van der Waals surface area contributed by atoms with E-state index in [0.29, 0.717) is 6.42 Å². The maximum Gasteiger partial charge on any atom is 0.303 e. The van der Waals surface area contributed by atoms with E-state index in [9.17, 15) is 4.79 Å². The molecule has 0 rings (SSSR count). The van der Waals surface area contributed by atoms with Crippen molar-refractivity contribution in [2.24, 2.45) is 0 Å². The number of carbonyl (C=O) groups is 1. The number of aliphatic carboxylic acids is 1. The topological polar surface area (TPSA) is 37.3 Å². The number of alkyl halides is 1. The Kier molecular flexibility index (Phi) is 16.3. The normalized spacial score (nSPS) is 12.9. The molecule has 0 heterocycles. The molecule has 2 nitrogen and oxygen atoms in total. The number of hydrogen-bond acceptors (Lipinski definition) is 1. The van der Waals surface area contributed by atoms with E-state index < -0.39 is 5.97 Å². The minimum Gasteiger partial charge on any atom is -0.481 e. The molecule has 0 aromatic carbocycles. The van der Waals surface area contributed by atoms with Gasteiger partial charge in [0.05, 0.1) is 0 Å². The second kappa shape index (κ2) is 16.3. The first kappa shape index (κ1) is 20.9. The summed E-state index contributed by atoms with van der Waals surface area (Å²) in [5, 5.41) is 8.53. The highest BCUT2D eigenvalue weighted by Gasteiger charge is 2.00. The lowest BCUT2D eigenvalue weighted by Crippen LogP contribution is -1.95. The number of carboxylic acid groups (broad SMARTS) is 1. The highest BCUT2D eigenvalue weighted by Crippen LogP contribution is 2.16. The number of halogens is 1. The summed E-state index contributed by atoms with van der Waals surface area (Å²) in [4.78, 5) is 10.3. The van der Waals surface area contributed by atoms with Gasteiger partial charge in [-0.2, -0.15) is 0 Å². The van der Waals surface area contributed by atoms with Gasteiger partial charge in [0, 0.05) is 10.3 Å². The van der Waals surface area contributed by atoms with Gasteiger partial charge >= 0.3 is 5.97 Å². The van der Waals surface area contributed by atoms with Gasteiger partial charge < -0.3 is 5.11 Å². The molecule has 0 aliphatic heterocycles. The van der Waals surface area contributed by atoms with E-state index in [-0.39, 0.29) is 0 Å². The van der Waals surface area contributed by atoms with E-state index in [1.807, 2.05) is 0 Å². The molecule has 21 heavy (non-hydrogen) atoms. The summed E-state index contributed by atoms with van der Waals surface area (Å²) in [6, 6.07) is 0. The minimum atomic E-state index is -0.666. The zero-order valence-corrected chi connectivity index (χ0v) is 15.8. The van der Waals surface area contributed by atoms with Crippen molar-refractivity contribution in [1.29, 1.82) is 0 Å². The quantitative estimate of drug-likeness (QED) is 0.145. The van der Waals surface area contributed by atoms with E-state index in [0.717, 1.165) is 16.8 Å². The molecule has 0 aliphatic rings. The molecule has 0 radical (unpaired) electrons. The molecule has 0 aliphatic carbocycles. The highest BCUT2D eigenvalue weighted by atomic mass is 127. The molecule has 0 aromatic heterocycles. The van der Waals surface area contributed by atoms with Gasteiger partial charge in [-0.1, -0.05) is 86.6 Å². The molecule has 0 saturated heterocycles. The smallest absolute Gasteiger partial charge is 0.303 e. The monoisotopic (exact) mass is 408 g/mol. The van der Waals surface area contributed by atoms with Crippen LogP contribution >= 0.6 is 22.6 Å². The fraction of sp³-hybridized carbons (Fsp3) is 0.833. The third kappa shape index (κ3) is 17.9. The minimum absolute atomic E-state index is 0.329. The fourth-order valence-corrected chi connectivity index (χ4v) is 3.07. The molecule has 3 heteroatoms. The van der Waals surface area contributed by atoms with E-state index in [1.54, 1.807) is 0 Å². The van der Waals surface area contributed by atoms with Gasteiger partial charge in [-0.15, -0.1) is 0 Å². The Hall–Kier alpha value is -0.0600. The Balaban J connectivity index is 3.26. The summed E-state index contributed by atoms with van der Waals surface area (Å²) in [5.74, 6) is -0.666. The van der Waals surface area contributed by atoms with Crippen molar-refractivity contribution in [3.63, 3.8) is 0 Å². The number of unbranched alkanes of at least 4 members (excludes halogenated alkanes) is 8. The Morgan fingerprint density at radius 2 is 1.67 bits per heavy atom. The molecule has 1 atom stereocenters. The van der Waals surface area contributed by atoms with Crippen LogP contribution in [0.2, 0.25) is 0 Å². The Labute approximate surface area is 144 Å². The van der Waals surface area contributed by atoms with Crippen LogP contribution in [0, 0.1) is 0 Å². The molecule has 0 spiro atoms. The number of allylic oxidation sites excluding steroid dienone is 2. The number of carboxylic acids is 1. The molecule has 0 aromatic rings. The van der Waals surface area contributed by atoms with E-state index in [1.165, 1.54) is 64.2 Å². The van der Waals surface area contributed by atoms with Crippen molar-refractivity contribution in [1.82, 2.24) is 0 Å². The third-order valence-corrected chi connectivity index (χ3v) is 4.82. The predicted octanol–water partition coefficient (Wildman–Crippen LogP) is 6.52. The van der Waals surface area contributed by atoms with Crippen LogP contribution in [0.1, 0.15) is 90.4 Å². The van der Waals surface area contributed by atoms with Crippen LogP contribution in [0.4, 0.5) is 0 Å². The average molecular weight is 408 g/mol. The lowest BCUT2D eigenvalue weighted by Gasteiger charge is -2.06. The third-order valence-electron chi connectivity index (χ3n) is 3.69. The maximum atomic E-state index is 10.3. The van der Waals surface area contributed by atoms with Crippen LogP contribution in [0.25, 0.3) is 0 Å². The van der Waals surface area contributed by atoms with Crippen molar-refractivity contribution in [2.45, 2.75) is 94.3 Å². The number of hydrogen-bond donors (Lipinski definition) is 1. The van der Waals surface area contributed by atoms with E-state index >= 15 is 0 Å². The average Bonchev–Trinajstić information content (AvgIpc) is 2.45. The van der Waals surface area contributed by atoms with Gasteiger partial charge in [-0.05, 0) is 32.1 Å². The van der Waals surface area contributed by atoms with Crippen molar-refractivity contribution in [3.8, 4) is 0 Å². The van der Waals surface area contributed by atoms with Crippen LogP contribution in [-0.2, 0) is 4.79 Å². The SMILES string of the molecule is CCCCCCC(I)C/C=C/CCCCCCCC(=O)O. The second-order valence-corrected chi connectivity index (χ2v) is 7.62. The lowest BCUT2D eigenvalue weighted by atomic mass is 10.1. The summed E-state index contributed by atoms with van der Waals surface area (Å²) < 4.78 is 0.798. The molecule has 0 bridgehead atoms. The molecule has 1 N–H and O–H groups in total. The molecule has 124 valence electrons. The van der Waals surface area contributed by atoms with Gasteiger partial charge in [-0.3, -0.25) is 4.79 Å². The van der Waals surface area contributed by atoms with E-state index in [2.05, 4.69) is 41.7 Å². The van der Waals surface area contributed by atoms with Crippen LogP contribution in [0.3, 0.4) is 0 Å². The standard InChI is InChI=1S/C18H33IO2/c1-2-3-4-11-14-17(19)15-12-9-7-5-6-8-10-13-16-18(20)21/h9,12,17H,2-8,10-11,13-16H2,1H3,(H,20,21)/b12-9+. The Morgan fingerprint density at radius 3 is 2.38 bits per heavy atom. The zero-order valence-electron chi connectivity index (χ0n) is 13.7. The highest BCUT2D eigenvalue weighted by molar-refractivity contribution is 14.1. The summed E-state index contributed by atoms with van der Waals surface area (Å²) >= 11 is 2.58. The van der Waals surface area contributed by atoms with Gasteiger partial charge in [0.15, 0.2) is 0 Å². The maximum absolute atomic E-state index is 10.3. The fourth-order valence-electron chi connectivity index (χ4n) is 2.34. The molecular formula is C18H33IO2. The van der Waals surface area contributed by atoms with Crippen LogP contribution in [-0.4, -0.2) is 15.0 Å². The van der Waals surface area contributed by atoms with Crippen molar-refractivity contribution < 1.29 is 9.90 Å². The first-order chi connectivity index (χ1) is 10.2. The van der Waals surface area contributed by atoms with Gasteiger partial charge in [0.2, 0.25) is 0 Å². The van der Waals surface area contributed by atoms with E-state index in [4.69, 9.17) is 5.11 Å². The molecule has 0 fully saturated rings. The summed E-state index contributed by atoms with van der Waals surface area (Å²) in [6.07, 6.45) is 19.8. The Morgan fingerprint density at radius 1 is 1.00 bits per heavy atom. The van der Waals surface area contributed by atoms with Crippen molar-refractivity contribution in [3.05, 3.63) is 12.2 Å². The van der Waals surface area contributed by atoms with Gasteiger partial charge in [0.25, 0.3) is 0 Å². The van der Waals surface area contributed by atoms with Gasteiger partial charge in [0.1, 0.15) is 0 Å².